The maximum Gasteiger partial charge on any atom is 0.191 e. The summed E-state index contributed by atoms with van der Waals surface area (Å²) in [7, 11) is 0. The van der Waals surface area contributed by atoms with E-state index in [0.717, 1.165) is 27.5 Å². The fourth-order valence-electron chi connectivity index (χ4n) is 2.77. The van der Waals surface area contributed by atoms with Gasteiger partial charge in [-0.3, -0.25) is 4.57 Å². The molecule has 0 bridgehead atoms. The zero-order valence-corrected chi connectivity index (χ0v) is 18.6. The third-order valence-corrected chi connectivity index (χ3v) is 5.76. The van der Waals surface area contributed by atoms with Gasteiger partial charge in [0.05, 0.1) is 0 Å². The zero-order valence-electron chi connectivity index (χ0n) is 17.1. The summed E-state index contributed by atoms with van der Waals surface area (Å²) in [5, 5.41) is 10.3. The molecule has 0 aliphatic rings. The predicted molar refractivity (Wildman–Crippen MR) is 121 cm³/mol. The molecule has 0 fully saturated rings. The van der Waals surface area contributed by atoms with Gasteiger partial charge in [-0.2, -0.15) is 0 Å². The Kier molecular flexibility index (Phi) is 7.04. The van der Waals surface area contributed by atoms with Gasteiger partial charge in [-0.05, 0) is 40.8 Å². The van der Waals surface area contributed by atoms with Crippen molar-refractivity contribution < 1.29 is 4.74 Å². The molecule has 2 aromatic carbocycles. The zero-order chi connectivity index (χ0) is 20.9. The average Bonchev–Trinajstić information content (AvgIpc) is 3.07. The van der Waals surface area contributed by atoms with Crippen LogP contribution in [0.2, 0.25) is 5.02 Å². The van der Waals surface area contributed by atoms with Crippen LogP contribution in [0.3, 0.4) is 0 Å². The van der Waals surface area contributed by atoms with Crippen molar-refractivity contribution in [3.63, 3.8) is 0 Å². The third-order valence-electron chi connectivity index (χ3n) is 4.47. The van der Waals surface area contributed by atoms with E-state index in [1.165, 1.54) is 11.1 Å². The van der Waals surface area contributed by atoms with Gasteiger partial charge in [0.2, 0.25) is 0 Å². The molecule has 1 aromatic heterocycles. The highest BCUT2D eigenvalue weighted by Crippen LogP contribution is 2.26. The third kappa shape index (κ3) is 5.87. The second kappa shape index (κ2) is 9.51. The normalized spacial score (nSPS) is 11.4. The molecule has 0 atom stereocenters. The number of hydrogen-bond donors (Lipinski definition) is 0. The lowest BCUT2D eigenvalue weighted by molar-refractivity contribution is 0.289. The predicted octanol–water partition coefficient (Wildman–Crippen LogP) is 6.29. The van der Waals surface area contributed by atoms with Crippen LogP contribution in [-0.2, 0) is 24.3 Å². The molecular formula is C23H26ClN3OS. The van der Waals surface area contributed by atoms with Crippen LogP contribution in [0, 0.1) is 0 Å². The number of halogens is 1. The summed E-state index contributed by atoms with van der Waals surface area (Å²) in [5.74, 6) is 2.40. The van der Waals surface area contributed by atoms with Crippen molar-refractivity contribution in [2.24, 2.45) is 0 Å². The molecule has 0 saturated carbocycles. The van der Waals surface area contributed by atoms with E-state index >= 15 is 0 Å². The number of nitrogens with zero attached hydrogens (tertiary/aromatic N) is 3. The van der Waals surface area contributed by atoms with E-state index < -0.39 is 0 Å². The molecule has 4 nitrogen and oxygen atoms in total. The first-order valence-corrected chi connectivity index (χ1v) is 10.9. The van der Waals surface area contributed by atoms with E-state index in [1.807, 2.05) is 47.0 Å². The first kappa shape index (κ1) is 21.5. The summed E-state index contributed by atoms with van der Waals surface area (Å²) in [6.45, 7) is 11.4. The number of rotatable bonds is 8. The summed E-state index contributed by atoms with van der Waals surface area (Å²) in [6, 6.07) is 16.1. The van der Waals surface area contributed by atoms with Gasteiger partial charge < -0.3 is 4.74 Å². The molecule has 3 rings (SSSR count). The Labute approximate surface area is 182 Å². The van der Waals surface area contributed by atoms with Crippen molar-refractivity contribution in [1.29, 1.82) is 0 Å². The van der Waals surface area contributed by atoms with Crippen molar-refractivity contribution in [3.8, 4) is 5.75 Å². The Morgan fingerprint density at radius 3 is 2.38 bits per heavy atom. The van der Waals surface area contributed by atoms with E-state index in [2.05, 4.69) is 49.7 Å². The summed E-state index contributed by atoms with van der Waals surface area (Å²) in [4.78, 5) is 0. The maximum absolute atomic E-state index is 5.96. The smallest absolute Gasteiger partial charge is 0.191 e. The molecule has 0 unspecified atom stereocenters. The van der Waals surface area contributed by atoms with Crippen LogP contribution >= 0.6 is 23.4 Å². The molecule has 0 saturated heterocycles. The van der Waals surface area contributed by atoms with Crippen molar-refractivity contribution in [1.82, 2.24) is 14.8 Å². The minimum atomic E-state index is 0.124. The second-order valence-electron chi connectivity index (χ2n) is 7.78. The summed E-state index contributed by atoms with van der Waals surface area (Å²) in [5.41, 5.74) is 2.59. The van der Waals surface area contributed by atoms with Crippen molar-refractivity contribution >= 4 is 23.4 Å². The average molecular weight is 428 g/mol. The highest BCUT2D eigenvalue weighted by molar-refractivity contribution is 7.98. The molecule has 0 aliphatic carbocycles. The van der Waals surface area contributed by atoms with Gasteiger partial charge in [-0.1, -0.05) is 74.5 Å². The quantitative estimate of drug-likeness (QED) is 0.313. The molecule has 0 aliphatic heterocycles. The van der Waals surface area contributed by atoms with E-state index in [-0.39, 0.29) is 5.41 Å². The van der Waals surface area contributed by atoms with Crippen LogP contribution in [-0.4, -0.2) is 14.8 Å². The van der Waals surface area contributed by atoms with E-state index in [1.54, 1.807) is 11.8 Å². The number of hydrogen-bond acceptors (Lipinski definition) is 4. The summed E-state index contributed by atoms with van der Waals surface area (Å²) >= 11 is 7.59. The van der Waals surface area contributed by atoms with Crippen molar-refractivity contribution in [3.05, 3.63) is 83.2 Å². The van der Waals surface area contributed by atoms with Crippen molar-refractivity contribution in [2.45, 2.75) is 50.2 Å². The van der Waals surface area contributed by atoms with Gasteiger partial charge in [0.1, 0.15) is 12.4 Å². The molecular weight excluding hydrogens is 402 g/mol. The molecule has 3 aromatic rings. The van der Waals surface area contributed by atoms with E-state index in [0.29, 0.717) is 13.2 Å². The molecule has 29 heavy (non-hydrogen) atoms. The number of ether oxygens (including phenoxy) is 1. The van der Waals surface area contributed by atoms with Crippen LogP contribution < -0.4 is 4.74 Å². The largest absolute Gasteiger partial charge is 0.486 e. The number of allylic oxidation sites excluding steroid dienone is 1. The number of benzene rings is 2. The lowest BCUT2D eigenvalue weighted by Gasteiger charge is -2.19. The molecule has 1 heterocycles. The lowest BCUT2D eigenvalue weighted by atomic mass is 9.87. The molecule has 6 heteroatoms. The van der Waals surface area contributed by atoms with Gasteiger partial charge in [-0.15, -0.1) is 16.8 Å². The first-order valence-electron chi connectivity index (χ1n) is 9.50. The first-order chi connectivity index (χ1) is 13.9. The van der Waals surface area contributed by atoms with Gasteiger partial charge in [0, 0.05) is 17.3 Å². The number of aromatic nitrogens is 3. The molecule has 152 valence electrons. The summed E-state index contributed by atoms with van der Waals surface area (Å²) in [6.07, 6.45) is 1.84. The monoisotopic (exact) mass is 427 g/mol. The van der Waals surface area contributed by atoms with Gasteiger partial charge in [-0.25, -0.2) is 0 Å². The van der Waals surface area contributed by atoms with Crippen molar-refractivity contribution in [2.75, 3.05) is 0 Å². The van der Waals surface area contributed by atoms with E-state index in [9.17, 15) is 0 Å². The Hall–Kier alpha value is -2.24. The topological polar surface area (TPSA) is 39.9 Å². The Bertz CT molecular complexity index is 944. The van der Waals surface area contributed by atoms with Gasteiger partial charge >= 0.3 is 0 Å². The van der Waals surface area contributed by atoms with E-state index in [4.69, 9.17) is 16.3 Å². The van der Waals surface area contributed by atoms with Gasteiger partial charge in [0.25, 0.3) is 0 Å². The lowest BCUT2D eigenvalue weighted by Crippen LogP contribution is -2.11. The van der Waals surface area contributed by atoms with Crippen LogP contribution in [0.1, 0.15) is 37.7 Å². The molecule has 0 radical (unpaired) electrons. The van der Waals surface area contributed by atoms with Crippen LogP contribution in [0.25, 0.3) is 0 Å². The SMILES string of the molecule is C=CCn1c(COc2ccc(C(C)(C)C)cc2)nnc1SCc1ccc(Cl)cc1. The second-order valence-corrected chi connectivity index (χ2v) is 9.16. The highest BCUT2D eigenvalue weighted by Gasteiger charge is 2.15. The summed E-state index contributed by atoms with van der Waals surface area (Å²) < 4.78 is 7.99. The number of thioether (sulfide) groups is 1. The molecule has 0 spiro atoms. The Balaban J connectivity index is 1.66. The Morgan fingerprint density at radius 2 is 1.76 bits per heavy atom. The van der Waals surface area contributed by atoms with Crippen LogP contribution in [0.5, 0.6) is 5.75 Å². The fraction of sp³-hybridized carbons (Fsp3) is 0.304. The minimum absolute atomic E-state index is 0.124. The minimum Gasteiger partial charge on any atom is -0.486 e. The molecule has 0 N–H and O–H groups in total. The van der Waals surface area contributed by atoms with Gasteiger partial charge in [0.15, 0.2) is 11.0 Å². The van der Waals surface area contributed by atoms with Crippen LogP contribution in [0.4, 0.5) is 0 Å². The maximum atomic E-state index is 5.96. The highest BCUT2D eigenvalue weighted by atomic mass is 35.5. The Morgan fingerprint density at radius 1 is 1.07 bits per heavy atom. The molecule has 0 amide bonds. The van der Waals surface area contributed by atoms with Crippen LogP contribution in [0.15, 0.2) is 66.3 Å². The fourth-order valence-corrected chi connectivity index (χ4v) is 3.82. The standard InChI is InChI=1S/C23H26ClN3OS/c1-5-14-27-21(15-28-20-12-8-18(9-13-20)23(2,3)4)25-26-22(27)29-16-17-6-10-19(24)11-7-17/h5-13H,1,14-16H2,2-4H3.